The number of aromatic amines is 1. The van der Waals surface area contributed by atoms with Crippen LogP contribution in [0.4, 0.5) is 5.69 Å². The fourth-order valence-electron chi connectivity index (χ4n) is 1.65. The Morgan fingerprint density at radius 3 is 2.87 bits per heavy atom. The van der Waals surface area contributed by atoms with Gasteiger partial charge in [-0.05, 0) is 32.0 Å². The molecule has 15 heavy (non-hydrogen) atoms. The number of anilines is 1. The van der Waals surface area contributed by atoms with Gasteiger partial charge in [-0.3, -0.25) is 0 Å². The molecule has 3 nitrogen and oxygen atoms in total. The zero-order chi connectivity index (χ0) is 10.8. The van der Waals surface area contributed by atoms with Crippen LogP contribution in [0, 0.1) is 0 Å². The van der Waals surface area contributed by atoms with E-state index in [1.807, 2.05) is 0 Å². The highest BCUT2D eigenvalue weighted by Crippen LogP contribution is 2.17. The molecule has 0 atom stereocenters. The Labute approximate surface area is 89.9 Å². The smallest absolute Gasteiger partial charge is 0.106 e. The summed E-state index contributed by atoms with van der Waals surface area (Å²) in [7, 11) is 0. The summed E-state index contributed by atoms with van der Waals surface area (Å²) in [5, 5.41) is 3.38. The third kappa shape index (κ3) is 2.12. The summed E-state index contributed by atoms with van der Waals surface area (Å²) < 4.78 is 0. The fourth-order valence-corrected chi connectivity index (χ4v) is 1.65. The molecule has 0 saturated carbocycles. The molecule has 2 aromatic rings. The van der Waals surface area contributed by atoms with E-state index in [2.05, 4.69) is 54.3 Å². The average molecular weight is 203 g/mol. The van der Waals surface area contributed by atoms with Crippen LogP contribution in [0.25, 0.3) is 11.0 Å². The largest absolute Gasteiger partial charge is 0.383 e. The van der Waals surface area contributed by atoms with Crippen molar-refractivity contribution in [1.82, 2.24) is 9.97 Å². The van der Waals surface area contributed by atoms with Gasteiger partial charge < -0.3 is 10.3 Å². The predicted octanol–water partition coefficient (Wildman–Crippen LogP) is 2.95. The normalized spacial score (nSPS) is 11.2. The Hall–Kier alpha value is -1.51. The maximum absolute atomic E-state index is 4.47. The van der Waals surface area contributed by atoms with E-state index in [0.717, 1.165) is 29.0 Å². The van der Waals surface area contributed by atoms with E-state index in [4.69, 9.17) is 0 Å². The minimum absolute atomic E-state index is 0.455. The third-order valence-electron chi connectivity index (χ3n) is 2.32. The zero-order valence-electron chi connectivity index (χ0n) is 9.46. The van der Waals surface area contributed by atoms with Crippen molar-refractivity contribution in [3.8, 4) is 0 Å². The number of hydrogen-bond acceptors (Lipinski definition) is 2. The molecule has 1 heterocycles. The van der Waals surface area contributed by atoms with Crippen molar-refractivity contribution >= 4 is 16.7 Å². The molecule has 2 rings (SSSR count). The number of aryl methyl sites for hydroxylation is 1. The standard InChI is InChI=1S/C12H17N3/c1-4-12-14-10-6-5-9(13-8(2)3)7-11(10)15-12/h5-8,13H,4H2,1-3H3,(H,14,15). The number of imidazole rings is 1. The summed E-state index contributed by atoms with van der Waals surface area (Å²) >= 11 is 0. The lowest BCUT2D eigenvalue weighted by molar-refractivity contribution is 0.900. The average Bonchev–Trinajstić information content (AvgIpc) is 2.58. The first kappa shape index (κ1) is 10.0. The second-order valence-electron chi connectivity index (χ2n) is 4.07. The molecule has 3 heteroatoms. The first-order valence-electron chi connectivity index (χ1n) is 5.44. The van der Waals surface area contributed by atoms with Gasteiger partial charge in [0.25, 0.3) is 0 Å². The van der Waals surface area contributed by atoms with Crippen molar-refractivity contribution in [2.24, 2.45) is 0 Å². The highest BCUT2D eigenvalue weighted by molar-refractivity contribution is 5.79. The third-order valence-corrected chi connectivity index (χ3v) is 2.32. The molecule has 0 aliphatic carbocycles. The second kappa shape index (κ2) is 3.93. The zero-order valence-corrected chi connectivity index (χ0v) is 9.46. The highest BCUT2D eigenvalue weighted by Gasteiger charge is 2.02. The van der Waals surface area contributed by atoms with Crippen LogP contribution in [0.3, 0.4) is 0 Å². The van der Waals surface area contributed by atoms with Crippen LogP contribution >= 0.6 is 0 Å². The Morgan fingerprint density at radius 2 is 2.20 bits per heavy atom. The van der Waals surface area contributed by atoms with Crippen LogP contribution in [0.15, 0.2) is 18.2 Å². The molecule has 0 bridgehead atoms. The number of aromatic nitrogens is 2. The molecule has 0 amide bonds. The molecule has 0 unspecified atom stereocenters. The SMILES string of the molecule is CCc1nc2ccc(NC(C)C)cc2[nH]1. The lowest BCUT2D eigenvalue weighted by Crippen LogP contribution is -2.09. The van der Waals surface area contributed by atoms with Crippen molar-refractivity contribution in [1.29, 1.82) is 0 Å². The molecule has 1 aromatic heterocycles. The Morgan fingerprint density at radius 1 is 1.40 bits per heavy atom. The highest BCUT2D eigenvalue weighted by atomic mass is 14.9. The predicted molar refractivity (Wildman–Crippen MR) is 64.2 cm³/mol. The maximum Gasteiger partial charge on any atom is 0.106 e. The molecule has 1 aromatic carbocycles. The van der Waals surface area contributed by atoms with Gasteiger partial charge in [0, 0.05) is 18.2 Å². The van der Waals surface area contributed by atoms with Gasteiger partial charge in [-0.25, -0.2) is 4.98 Å². The van der Waals surface area contributed by atoms with Crippen LogP contribution in [0.5, 0.6) is 0 Å². The number of hydrogen-bond donors (Lipinski definition) is 2. The fraction of sp³-hybridized carbons (Fsp3) is 0.417. The van der Waals surface area contributed by atoms with Crippen LogP contribution in [-0.2, 0) is 6.42 Å². The minimum Gasteiger partial charge on any atom is -0.383 e. The Bertz CT molecular complexity index is 457. The summed E-state index contributed by atoms with van der Waals surface area (Å²) in [5.41, 5.74) is 3.29. The number of nitrogens with one attached hydrogen (secondary N) is 2. The summed E-state index contributed by atoms with van der Waals surface area (Å²) in [4.78, 5) is 7.78. The molecule has 2 N–H and O–H groups in total. The van der Waals surface area contributed by atoms with E-state index in [1.165, 1.54) is 0 Å². The van der Waals surface area contributed by atoms with E-state index >= 15 is 0 Å². The maximum atomic E-state index is 4.47. The van der Waals surface area contributed by atoms with Crippen LogP contribution in [0.2, 0.25) is 0 Å². The van der Waals surface area contributed by atoms with Crippen molar-refractivity contribution in [3.05, 3.63) is 24.0 Å². The van der Waals surface area contributed by atoms with E-state index in [-0.39, 0.29) is 0 Å². The van der Waals surface area contributed by atoms with E-state index in [9.17, 15) is 0 Å². The minimum atomic E-state index is 0.455. The van der Waals surface area contributed by atoms with Crippen LogP contribution < -0.4 is 5.32 Å². The van der Waals surface area contributed by atoms with Gasteiger partial charge in [-0.15, -0.1) is 0 Å². The molecule has 0 radical (unpaired) electrons. The first-order valence-corrected chi connectivity index (χ1v) is 5.44. The topological polar surface area (TPSA) is 40.7 Å². The summed E-state index contributed by atoms with van der Waals surface area (Å²) in [5.74, 6) is 1.05. The van der Waals surface area contributed by atoms with Gasteiger partial charge in [0.2, 0.25) is 0 Å². The quantitative estimate of drug-likeness (QED) is 0.805. The Balaban J connectivity index is 2.37. The molecule has 0 fully saturated rings. The summed E-state index contributed by atoms with van der Waals surface area (Å²) in [6, 6.07) is 6.69. The number of rotatable bonds is 3. The van der Waals surface area contributed by atoms with Gasteiger partial charge in [0.05, 0.1) is 11.0 Å². The molecular formula is C12H17N3. The molecule has 0 aliphatic heterocycles. The van der Waals surface area contributed by atoms with Gasteiger partial charge in [-0.2, -0.15) is 0 Å². The van der Waals surface area contributed by atoms with Crippen molar-refractivity contribution in [3.63, 3.8) is 0 Å². The number of benzene rings is 1. The van der Waals surface area contributed by atoms with E-state index in [0.29, 0.717) is 6.04 Å². The monoisotopic (exact) mass is 203 g/mol. The number of nitrogens with zero attached hydrogens (tertiary/aromatic N) is 1. The van der Waals surface area contributed by atoms with Crippen molar-refractivity contribution < 1.29 is 0 Å². The molecular weight excluding hydrogens is 186 g/mol. The number of H-pyrrole nitrogens is 1. The lowest BCUT2D eigenvalue weighted by Gasteiger charge is -2.08. The van der Waals surface area contributed by atoms with Crippen LogP contribution in [-0.4, -0.2) is 16.0 Å². The van der Waals surface area contributed by atoms with E-state index in [1.54, 1.807) is 0 Å². The molecule has 0 aliphatic rings. The molecule has 0 saturated heterocycles. The number of fused-ring (bicyclic) bond motifs is 1. The van der Waals surface area contributed by atoms with Gasteiger partial charge >= 0.3 is 0 Å². The lowest BCUT2D eigenvalue weighted by atomic mass is 10.2. The van der Waals surface area contributed by atoms with Gasteiger partial charge in [0.1, 0.15) is 5.82 Å². The van der Waals surface area contributed by atoms with Gasteiger partial charge in [-0.1, -0.05) is 6.92 Å². The van der Waals surface area contributed by atoms with Crippen molar-refractivity contribution in [2.75, 3.05) is 5.32 Å². The second-order valence-corrected chi connectivity index (χ2v) is 4.07. The molecule has 0 spiro atoms. The Kier molecular flexibility index (Phi) is 2.62. The van der Waals surface area contributed by atoms with Crippen molar-refractivity contribution in [2.45, 2.75) is 33.2 Å². The summed E-state index contributed by atoms with van der Waals surface area (Å²) in [6.07, 6.45) is 0.946. The summed E-state index contributed by atoms with van der Waals surface area (Å²) in [6.45, 7) is 6.37. The van der Waals surface area contributed by atoms with Gasteiger partial charge in [0.15, 0.2) is 0 Å². The van der Waals surface area contributed by atoms with E-state index < -0.39 is 0 Å². The first-order chi connectivity index (χ1) is 7.19. The molecule has 80 valence electrons. The van der Waals surface area contributed by atoms with Crippen LogP contribution in [0.1, 0.15) is 26.6 Å².